The van der Waals surface area contributed by atoms with Crippen molar-refractivity contribution in [2.45, 2.75) is 32.2 Å². The highest BCUT2D eigenvalue weighted by molar-refractivity contribution is 5.84. The van der Waals surface area contributed by atoms with Gasteiger partial charge >= 0.3 is 5.97 Å². The monoisotopic (exact) mass is 221 g/mol. The van der Waals surface area contributed by atoms with Gasteiger partial charge < -0.3 is 10.4 Å². The van der Waals surface area contributed by atoms with Gasteiger partial charge in [-0.1, -0.05) is 12.8 Å². The zero-order valence-electron chi connectivity index (χ0n) is 9.18. The SMILES string of the molecule is CC(CC1CC1)Nc1cnc(C(=O)O)cn1. The molecule has 1 unspecified atom stereocenters. The minimum atomic E-state index is -1.05. The van der Waals surface area contributed by atoms with E-state index < -0.39 is 5.97 Å². The highest BCUT2D eigenvalue weighted by atomic mass is 16.4. The van der Waals surface area contributed by atoms with Crippen LogP contribution in [0.1, 0.15) is 36.7 Å². The molecular formula is C11H15N3O2. The lowest BCUT2D eigenvalue weighted by molar-refractivity contribution is 0.0690. The van der Waals surface area contributed by atoms with Gasteiger partial charge in [-0.25, -0.2) is 14.8 Å². The molecule has 1 atom stereocenters. The van der Waals surface area contributed by atoms with Crippen LogP contribution in [0.2, 0.25) is 0 Å². The quantitative estimate of drug-likeness (QED) is 0.792. The first-order valence-corrected chi connectivity index (χ1v) is 5.47. The minimum absolute atomic E-state index is 0.0274. The molecule has 2 N–H and O–H groups in total. The fourth-order valence-corrected chi connectivity index (χ4v) is 1.68. The maximum Gasteiger partial charge on any atom is 0.356 e. The number of hydrogen-bond donors (Lipinski definition) is 2. The summed E-state index contributed by atoms with van der Waals surface area (Å²) < 4.78 is 0. The van der Waals surface area contributed by atoms with Gasteiger partial charge in [-0.3, -0.25) is 0 Å². The average molecular weight is 221 g/mol. The predicted molar refractivity (Wildman–Crippen MR) is 59.4 cm³/mol. The van der Waals surface area contributed by atoms with Crippen LogP contribution in [-0.4, -0.2) is 27.1 Å². The zero-order valence-corrected chi connectivity index (χ0v) is 9.18. The number of nitrogens with one attached hydrogen (secondary N) is 1. The lowest BCUT2D eigenvalue weighted by atomic mass is 10.1. The van der Waals surface area contributed by atoms with Gasteiger partial charge in [0.15, 0.2) is 5.69 Å². The van der Waals surface area contributed by atoms with Crippen molar-refractivity contribution in [2.24, 2.45) is 5.92 Å². The zero-order chi connectivity index (χ0) is 11.5. The Labute approximate surface area is 93.9 Å². The molecule has 1 saturated carbocycles. The van der Waals surface area contributed by atoms with E-state index in [2.05, 4.69) is 22.2 Å². The van der Waals surface area contributed by atoms with Crippen LogP contribution in [0.4, 0.5) is 5.82 Å². The van der Waals surface area contributed by atoms with Crippen molar-refractivity contribution in [2.75, 3.05) is 5.32 Å². The third-order valence-electron chi connectivity index (χ3n) is 2.65. The maximum atomic E-state index is 10.6. The molecule has 1 aromatic rings. The summed E-state index contributed by atoms with van der Waals surface area (Å²) in [7, 11) is 0. The molecular weight excluding hydrogens is 206 g/mol. The molecule has 86 valence electrons. The van der Waals surface area contributed by atoms with Gasteiger partial charge in [0.05, 0.1) is 12.4 Å². The molecule has 5 heteroatoms. The van der Waals surface area contributed by atoms with Crippen LogP contribution >= 0.6 is 0 Å². The summed E-state index contributed by atoms with van der Waals surface area (Å²) >= 11 is 0. The summed E-state index contributed by atoms with van der Waals surface area (Å²) in [6, 6.07) is 0.359. The fourth-order valence-electron chi connectivity index (χ4n) is 1.68. The Morgan fingerprint density at radius 3 is 2.81 bits per heavy atom. The number of carboxylic acids is 1. The summed E-state index contributed by atoms with van der Waals surface area (Å²) in [5.41, 5.74) is -0.0274. The number of aromatic nitrogens is 2. The van der Waals surface area contributed by atoms with Crippen LogP contribution in [0.15, 0.2) is 12.4 Å². The standard InChI is InChI=1S/C11H15N3O2/c1-7(4-8-2-3-8)14-10-6-12-9(5-13-10)11(15)16/h5-8H,2-4H2,1H3,(H,13,14)(H,15,16). The van der Waals surface area contributed by atoms with Crippen LogP contribution in [-0.2, 0) is 0 Å². The molecule has 1 aliphatic carbocycles. The second kappa shape index (κ2) is 4.47. The number of aromatic carboxylic acids is 1. The Morgan fingerprint density at radius 1 is 1.56 bits per heavy atom. The van der Waals surface area contributed by atoms with Crippen molar-refractivity contribution >= 4 is 11.8 Å². The first-order chi connectivity index (χ1) is 7.65. The van der Waals surface area contributed by atoms with Gasteiger partial charge in [0.25, 0.3) is 0 Å². The number of carboxylic acid groups (broad SMARTS) is 1. The van der Waals surface area contributed by atoms with Crippen molar-refractivity contribution in [3.63, 3.8) is 0 Å². The van der Waals surface area contributed by atoms with Gasteiger partial charge in [-0.05, 0) is 19.3 Å². The summed E-state index contributed by atoms with van der Waals surface area (Å²) in [6.45, 7) is 2.10. The lowest BCUT2D eigenvalue weighted by Crippen LogP contribution is -2.17. The minimum Gasteiger partial charge on any atom is -0.476 e. The molecule has 0 aromatic carbocycles. The van der Waals surface area contributed by atoms with E-state index in [1.165, 1.54) is 25.2 Å². The molecule has 1 heterocycles. The number of nitrogens with zero attached hydrogens (tertiary/aromatic N) is 2. The van der Waals surface area contributed by atoms with Crippen molar-refractivity contribution < 1.29 is 9.90 Å². The van der Waals surface area contributed by atoms with E-state index in [4.69, 9.17) is 5.11 Å². The number of anilines is 1. The highest BCUT2D eigenvalue weighted by Crippen LogP contribution is 2.33. The van der Waals surface area contributed by atoms with E-state index in [1.54, 1.807) is 0 Å². The first kappa shape index (κ1) is 10.9. The summed E-state index contributed by atoms with van der Waals surface area (Å²) in [5.74, 6) is 0.442. The van der Waals surface area contributed by atoms with Gasteiger partial charge in [0.1, 0.15) is 5.82 Å². The predicted octanol–water partition coefficient (Wildman–Crippen LogP) is 1.78. The highest BCUT2D eigenvalue weighted by Gasteiger charge is 2.23. The number of rotatable bonds is 5. The average Bonchev–Trinajstić information content (AvgIpc) is 3.02. The third kappa shape index (κ3) is 2.92. The van der Waals surface area contributed by atoms with Gasteiger partial charge in [0.2, 0.25) is 0 Å². The van der Waals surface area contributed by atoms with Crippen LogP contribution < -0.4 is 5.32 Å². The molecule has 0 bridgehead atoms. The van der Waals surface area contributed by atoms with E-state index in [-0.39, 0.29) is 5.69 Å². The first-order valence-electron chi connectivity index (χ1n) is 5.47. The van der Waals surface area contributed by atoms with E-state index in [0.717, 1.165) is 12.3 Å². The van der Waals surface area contributed by atoms with Crippen LogP contribution in [0.25, 0.3) is 0 Å². The second-order valence-corrected chi connectivity index (χ2v) is 4.32. The summed E-state index contributed by atoms with van der Waals surface area (Å²) in [5, 5.41) is 11.9. The molecule has 0 spiro atoms. The van der Waals surface area contributed by atoms with Crippen LogP contribution in [0, 0.1) is 5.92 Å². The molecule has 0 aliphatic heterocycles. The molecule has 0 saturated heterocycles. The Kier molecular flexibility index (Phi) is 3.03. The Morgan fingerprint density at radius 2 is 2.31 bits per heavy atom. The van der Waals surface area contributed by atoms with E-state index >= 15 is 0 Å². The smallest absolute Gasteiger partial charge is 0.356 e. The van der Waals surface area contributed by atoms with E-state index in [1.807, 2.05) is 0 Å². The molecule has 0 amide bonds. The molecule has 2 rings (SSSR count). The molecule has 16 heavy (non-hydrogen) atoms. The van der Waals surface area contributed by atoms with Crippen LogP contribution in [0.3, 0.4) is 0 Å². The second-order valence-electron chi connectivity index (χ2n) is 4.32. The lowest BCUT2D eigenvalue weighted by Gasteiger charge is -2.13. The Balaban J connectivity index is 1.90. The normalized spacial score (nSPS) is 16.8. The van der Waals surface area contributed by atoms with Crippen molar-refractivity contribution in [3.05, 3.63) is 18.1 Å². The molecule has 0 radical (unpaired) electrons. The van der Waals surface area contributed by atoms with E-state index in [9.17, 15) is 4.79 Å². The Bertz CT molecular complexity index is 373. The van der Waals surface area contributed by atoms with Crippen molar-refractivity contribution in [1.82, 2.24) is 9.97 Å². The topological polar surface area (TPSA) is 75.1 Å². The molecule has 1 aliphatic rings. The molecule has 5 nitrogen and oxygen atoms in total. The molecule has 1 fully saturated rings. The van der Waals surface area contributed by atoms with Crippen molar-refractivity contribution in [1.29, 1.82) is 0 Å². The largest absolute Gasteiger partial charge is 0.476 e. The Hall–Kier alpha value is -1.65. The van der Waals surface area contributed by atoms with E-state index in [0.29, 0.717) is 11.9 Å². The van der Waals surface area contributed by atoms with Crippen molar-refractivity contribution in [3.8, 4) is 0 Å². The summed E-state index contributed by atoms with van der Waals surface area (Å²) in [6.07, 6.45) is 6.54. The fraction of sp³-hybridized carbons (Fsp3) is 0.545. The third-order valence-corrected chi connectivity index (χ3v) is 2.65. The summed E-state index contributed by atoms with van der Waals surface area (Å²) in [4.78, 5) is 18.4. The maximum absolute atomic E-state index is 10.6. The van der Waals surface area contributed by atoms with Gasteiger partial charge in [0, 0.05) is 6.04 Å². The molecule has 1 aromatic heterocycles. The van der Waals surface area contributed by atoms with Gasteiger partial charge in [-0.2, -0.15) is 0 Å². The number of hydrogen-bond acceptors (Lipinski definition) is 4. The van der Waals surface area contributed by atoms with Crippen LogP contribution in [0.5, 0.6) is 0 Å². The van der Waals surface area contributed by atoms with Gasteiger partial charge in [-0.15, -0.1) is 0 Å². The number of carbonyl (C=O) groups is 1.